The van der Waals surface area contributed by atoms with E-state index >= 15 is 0 Å². The second-order valence-corrected chi connectivity index (χ2v) is 4.17. The number of hydrogen-bond acceptors (Lipinski definition) is 1. The van der Waals surface area contributed by atoms with Crippen LogP contribution >= 0.6 is 0 Å². The maximum atomic E-state index is 4.69. The molecular weight excluding hydrogens is 170 g/mol. The monoisotopic (exact) mass is 183 g/mol. The standard InChI is InChI=1S/C13H13N/c1-9-2-4-10(5-3-9)13-11-6-7-12(8-11)14-13/h2-7,11-12H,8H2,1H3. The van der Waals surface area contributed by atoms with E-state index in [0.717, 1.165) is 0 Å². The van der Waals surface area contributed by atoms with Crippen LogP contribution in [0.25, 0.3) is 0 Å². The zero-order valence-electron chi connectivity index (χ0n) is 8.27. The van der Waals surface area contributed by atoms with Crippen molar-refractivity contribution in [1.29, 1.82) is 0 Å². The highest BCUT2D eigenvalue weighted by Gasteiger charge is 2.30. The molecule has 2 bridgehead atoms. The molecule has 0 fully saturated rings. The van der Waals surface area contributed by atoms with Gasteiger partial charge in [-0.1, -0.05) is 42.0 Å². The Bertz CT molecular complexity index is 411. The summed E-state index contributed by atoms with van der Waals surface area (Å²) in [6.07, 6.45) is 5.72. The lowest BCUT2D eigenvalue weighted by Gasteiger charge is -2.08. The predicted octanol–water partition coefficient (Wildman–Crippen LogP) is 2.74. The van der Waals surface area contributed by atoms with Crippen LogP contribution in [-0.2, 0) is 0 Å². The molecule has 0 radical (unpaired) electrons. The zero-order valence-corrected chi connectivity index (χ0v) is 8.27. The summed E-state index contributed by atoms with van der Waals surface area (Å²) in [6, 6.07) is 9.16. The predicted molar refractivity (Wildman–Crippen MR) is 58.8 cm³/mol. The van der Waals surface area contributed by atoms with E-state index in [2.05, 4.69) is 48.3 Å². The van der Waals surface area contributed by atoms with Gasteiger partial charge >= 0.3 is 0 Å². The molecule has 2 aliphatic rings. The SMILES string of the molecule is Cc1ccc(C2=NC3C=CC2C3)cc1. The third-order valence-electron chi connectivity index (χ3n) is 3.06. The van der Waals surface area contributed by atoms with Gasteiger partial charge < -0.3 is 0 Å². The molecule has 2 atom stereocenters. The van der Waals surface area contributed by atoms with Crippen LogP contribution < -0.4 is 0 Å². The van der Waals surface area contributed by atoms with Gasteiger partial charge in [-0.05, 0) is 18.9 Å². The summed E-state index contributed by atoms with van der Waals surface area (Å²) in [4.78, 5) is 4.69. The second-order valence-electron chi connectivity index (χ2n) is 4.17. The van der Waals surface area contributed by atoms with Gasteiger partial charge in [0.15, 0.2) is 0 Å². The van der Waals surface area contributed by atoms with Crippen LogP contribution in [0.4, 0.5) is 0 Å². The second kappa shape index (κ2) is 2.81. The van der Waals surface area contributed by atoms with E-state index in [9.17, 15) is 0 Å². The highest BCUT2D eigenvalue weighted by atomic mass is 14.9. The Balaban J connectivity index is 1.97. The van der Waals surface area contributed by atoms with Gasteiger partial charge in [-0.2, -0.15) is 0 Å². The molecule has 1 heteroatoms. The van der Waals surface area contributed by atoms with Crippen molar-refractivity contribution in [1.82, 2.24) is 0 Å². The van der Waals surface area contributed by atoms with Crippen LogP contribution in [0, 0.1) is 12.8 Å². The molecule has 0 aromatic heterocycles. The van der Waals surface area contributed by atoms with Crippen LogP contribution in [0.2, 0.25) is 0 Å². The number of aliphatic imine (C=N–C) groups is 1. The van der Waals surface area contributed by atoms with Crippen LogP contribution in [-0.4, -0.2) is 11.8 Å². The van der Waals surface area contributed by atoms with Gasteiger partial charge in [0.1, 0.15) is 0 Å². The van der Waals surface area contributed by atoms with Crippen molar-refractivity contribution in [2.75, 3.05) is 0 Å². The third-order valence-corrected chi connectivity index (χ3v) is 3.06. The van der Waals surface area contributed by atoms with Crippen LogP contribution in [0.1, 0.15) is 17.5 Å². The Morgan fingerprint density at radius 3 is 2.50 bits per heavy atom. The van der Waals surface area contributed by atoms with E-state index in [1.54, 1.807) is 0 Å². The summed E-state index contributed by atoms with van der Waals surface area (Å²) < 4.78 is 0. The molecule has 1 aliphatic carbocycles. The Morgan fingerprint density at radius 1 is 1.14 bits per heavy atom. The highest BCUT2D eigenvalue weighted by Crippen LogP contribution is 2.32. The van der Waals surface area contributed by atoms with Crippen molar-refractivity contribution >= 4 is 5.71 Å². The van der Waals surface area contributed by atoms with E-state index < -0.39 is 0 Å². The number of nitrogens with zero attached hydrogens (tertiary/aromatic N) is 1. The van der Waals surface area contributed by atoms with Crippen molar-refractivity contribution in [3.8, 4) is 0 Å². The van der Waals surface area contributed by atoms with Crippen molar-refractivity contribution in [2.24, 2.45) is 10.9 Å². The molecule has 1 aromatic carbocycles. The normalized spacial score (nSPS) is 28.2. The fraction of sp³-hybridized carbons (Fsp3) is 0.308. The molecule has 1 aromatic rings. The van der Waals surface area contributed by atoms with Crippen LogP contribution in [0.15, 0.2) is 41.4 Å². The van der Waals surface area contributed by atoms with Gasteiger partial charge in [0.05, 0.1) is 6.04 Å². The first kappa shape index (κ1) is 7.98. The first-order valence-corrected chi connectivity index (χ1v) is 5.16. The topological polar surface area (TPSA) is 12.4 Å². The lowest BCUT2D eigenvalue weighted by Crippen LogP contribution is -2.08. The molecule has 14 heavy (non-hydrogen) atoms. The number of allylic oxidation sites excluding steroid dienone is 1. The van der Waals surface area contributed by atoms with Crippen molar-refractivity contribution in [3.63, 3.8) is 0 Å². The van der Waals surface area contributed by atoms with E-state index in [1.165, 1.54) is 23.3 Å². The Labute approximate surface area is 84.2 Å². The maximum Gasteiger partial charge on any atom is 0.0693 e. The zero-order chi connectivity index (χ0) is 9.54. The van der Waals surface area contributed by atoms with Gasteiger partial charge in [-0.25, -0.2) is 0 Å². The Kier molecular flexibility index (Phi) is 1.60. The molecule has 0 saturated heterocycles. The lowest BCUT2D eigenvalue weighted by molar-refractivity contribution is 0.780. The van der Waals surface area contributed by atoms with Crippen molar-refractivity contribution < 1.29 is 0 Å². The minimum atomic E-state index is 0.469. The fourth-order valence-corrected chi connectivity index (χ4v) is 2.27. The highest BCUT2D eigenvalue weighted by molar-refractivity contribution is 6.05. The minimum absolute atomic E-state index is 0.469. The molecule has 70 valence electrons. The van der Waals surface area contributed by atoms with Crippen LogP contribution in [0.3, 0.4) is 0 Å². The average molecular weight is 183 g/mol. The number of benzene rings is 1. The lowest BCUT2D eigenvalue weighted by atomic mass is 9.97. The average Bonchev–Trinajstić information content (AvgIpc) is 2.80. The molecular formula is C13H13N. The number of fused-ring (bicyclic) bond motifs is 2. The van der Waals surface area contributed by atoms with E-state index in [0.29, 0.717) is 12.0 Å². The number of rotatable bonds is 1. The summed E-state index contributed by atoms with van der Waals surface area (Å²) in [7, 11) is 0. The molecule has 0 saturated carbocycles. The number of hydrogen-bond donors (Lipinski definition) is 0. The molecule has 0 spiro atoms. The van der Waals surface area contributed by atoms with Gasteiger partial charge in [-0.3, -0.25) is 4.99 Å². The number of dihydropyridines is 1. The van der Waals surface area contributed by atoms with Gasteiger partial charge in [0.25, 0.3) is 0 Å². The van der Waals surface area contributed by atoms with Crippen LogP contribution in [0.5, 0.6) is 0 Å². The van der Waals surface area contributed by atoms with Gasteiger partial charge in [0.2, 0.25) is 0 Å². The fourth-order valence-electron chi connectivity index (χ4n) is 2.27. The number of aryl methyl sites for hydroxylation is 1. The first-order chi connectivity index (χ1) is 6.83. The summed E-state index contributed by atoms with van der Waals surface area (Å²) >= 11 is 0. The summed E-state index contributed by atoms with van der Waals surface area (Å²) in [5.74, 6) is 0.586. The summed E-state index contributed by atoms with van der Waals surface area (Å²) in [5.41, 5.74) is 3.90. The molecule has 0 amide bonds. The van der Waals surface area contributed by atoms with E-state index in [-0.39, 0.29) is 0 Å². The Morgan fingerprint density at radius 2 is 1.93 bits per heavy atom. The molecule has 2 unspecified atom stereocenters. The van der Waals surface area contributed by atoms with Crippen molar-refractivity contribution in [2.45, 2.75) is 19.4 Å². The molecule has 0 N–H and O–H groups in total. The minimum Gasteiger partial charge on any atom is -0.281 e. The Hall–Kier alpha value is -1.37. The third kappa shape index (κ3) is 1.12. The van der Waals surface area contributed by atoms with E-state index in [1.807, 2.05) is 0 Å². The quantitative estimate of drug-likeness (QED) is 0.594. The first-order valence-electron chi connectivity index (χ1n) is 5.16. The molecule has 1 aliphatic heterocycles. The largest absolute Gasteiger partial charge is 0.281 e. The van der Waals surface area contributed by atoms with Gasteiger partial charge in [-0.15, -0.1) is 0 Å². The molecule has 1 nitrogen and oxygen atoms in total. The summed E-state index contributed by atoms with van der Waals surface area (Å²) in [5, 5.41) is 0. The van der Waals surface area contributed by atoms with Gasteiger partial charge in [0, 0.05) is 11.6 Å². The smallest absolute Gasteiger partial charge is 0.0693 e. The molecule has 3 rings (SSSR count). The molecule has 1 heterocycles. The van der Waals surface area contributed by atoms with Crippen molar-refractivity contribution in [3.05, 3.63) is 47.5 Å². The summed E-state index contributed by atoms with van der Waals surface area (Å²) in [6.45, 7) is 2.12. The van der Waals surface area contributed by atoms with E-state index in [4.69, 9.17) is 0 Å². The maximum absolute atomic E-state index is 4.69.